The number of hydrogen-bond acceptors (Lipinski definition) is 4. The van der Waals surface area contributed by atoms with Crippen LogP contribution in [0.2, 0.25) is 5.02 Å². The number of benzene rings is 2. The lowest BCUT2D eigenvalue weighted by atomic mass is 10.2. The zero-order valence-electron chi connectivity index (χ0n) is 11.4. The van der Waals surface area contributed by atoms with E-state index >= 15 is 0 Å². The largest absolute Gasteiger partial charge is 0.419 e. The van der Waals surface area contributed by atoms with Crippen LogP contribution in [0.3, 0.4) is 0 Å². The van der Waals surface area contributed by atoms with Gasteiger partial charge in [0.1, 0.15) is 10.7 Å². The van der Waals surface area contributed by atoms with Crippen LogP contribution in [0, 0.1) is 17.1 Å². The minimum absolute atomic E-state index is 0.127. The summed E-state index contributed by atoms with van der Waals surface area (Å²) >= 11 is 5.75. The topological polar surface area (TPSA) is 67.2 Å². The molecule has 0 aromatic heterocycles. The summed E-state index contributed by atoms with van der Waals surface area (Å²) in [6, 6.07) is 6.31. The average molecular weight is 380 g/mol. The third-order valence-electron chi connectivity index (χ3n) is 2.79. The van der Waals surface area contributed by atoms with Gasteiger partial charge < -0.3 is 4.18 Å². The molecule has 4 nitrogen and oxygen atoms in total. The number of alkyl halides is 3. The Kier molecular flexibility index (Phi) is 4.73. The lowest BCUT2D eigenvalue weighted by Crippen LogP contribution is -2.14. The van der Waals surface area contributed by atoms with Crippen molar-refractivity contribution in [1.29, 1.82) is 5.26 Å². The Bertz CT molecular complexity index is 936. The van der Waals surface area contributed by atoms with Gasteiger partial charge in [-0.05, 0) is 36.4 Å². The van der Waals surface area contributed by atoms with Crippen molar-refractivity contribution in [2.75, 3.05) is 0 Å². The molecule has 0 saturated heterocycles. The SMILES string of the molecule is N#Cc1ccc(OS(=O)(=O)c2ccc(F)c(C(F)(F)F)c2)c(Cl)c1. The number of nitriles is 1. The highest BCUT2D eigenvalue weighted by Crippen LogP contribution is 2.34. The molecular weight excluding hydrogens is 374 g/mol. The van der Waals surface area contributed by atoms with Crippen LogP contribution in [-0.4, -0.2) is 8.42 Å². The molecule has 10 heteroatoms. The second-order valence-corrected chi connectivity index (χ2v) is 6.39. The van der Waals surface area contributed by atoms with Crippen LogP contribution in [-0.2, 0) is 16.3 Å². The van der Waals surface area contributed by atoms with Gasteiger partial charge in [0.15, 0.2) is 5.75 Å². The highest BCUT2D eigenvalue weighted by molar-refractivity contribution is 7.87. The van der Waals surface area contributed by atoms with E-state index in [1.807, 2.05) is 0 Å². The van der Waals surface area contributed by atoms with Gasteiger partial charge in [0.2, 0.25) is 0 Å². The molecule has 0 aliphatic carbocycles. The Morgan fingerprint density at radius 3 is 2.33 bits per heavy atom. The molecule has 2 aromatic carbocycles. The smallest absolute Gasteiger partial charge is 0.377 e. The van der Waals surface area contributed by atoms with E-state index in [0.717, 1.165) is 12.1 Å². The predicted molar refractivity (Wildman–Crippen MR) is 75.4 cm³/mol. The average Bonchev–Trinajstić information content (AvgIpc) is 2.48. The minimum Gasteiger partial charge on any atom is -0.377 e. The lowest BCUT2D eigenvalue weighted by molar-refractivity contribution is -0.140. The van der Waals surface area contributed by atoms with Gasteiger partial charge in [0, 0.05) is 0 Å². The normalized spacial score (nSPS) is 11.8. The fourth-order valence-electron chi connectivity index (χ4n) is 1.68. The summed E-state index contributed by atoms with van der Waals surface area (Å²) in [5.41, 5.74) is -1.61. The van der Waals surface area contributed by atoms with E-state index in [-0.39, 0.29) is 22.4 Å². The van der Waals surface area contributed by atoms with Crippen LogP contribution in [0.1, 0.15) is 11.1 Å². The van der Waals surface area contributed by atoms with Crippen molar-refractivity contribution < 1.29 is 30.2 Å². The third-order valence-corrected chi connectivity index (χ3v) is 4.32. The Hall–Kier alpha value is -2.31. The Balaban J connectivity index is 2.44. The number of nitrogens with zero attached hydrogens (tertiary/aromatic N) is 1. The summed E-state index contributed by atoms with van der Waals surface area (Å²) in [6.07, 6.45) is -5.07. The molecule has 0 heterocycles. The highest BCUT2D eigenvalue weighted by Gasteiger charge is 2.35. The van der Waals surface area contributed by atoms with Gasteiger partial charge in [-0.1, -0.05) is 11.6 Å². The van der Waals surface area contributed by atoms with Crippen LogP contribution >= 0.6 is 11.6 Å². The summed E-state index contributed by atoms with van der Waals surface area (Å²) in [5, 5.41) is 8.46. The predicted octanol–water partition coefficient (Wildman–Crippen LogP) is 4.14. The number of rotatable bonds is 3. The molecule has 2 aromatic rings. The molecule has 0 bridgehead atoms. The van der Waals surface area contributed by atoms with Crippen molar-refractivity contribution in [3.63, 3.8) is 0 Å². The second kappa shape index (κ2) is 6.30. The van der Waals surface area contributed by atoms with Crippen molar-refractivity contribution in [3.8, 4) is 11.8 Å². The summed E-state index contributed by atoms with van der Waals surface area (Å²) < 4.78 is 80.0. The van der Waals surface area contributed by atoms with Crippen LogP contribution in [0.25, 0.3) is 0 Å². The molecule has 0 atom stereocenters. The van der Waals surface area contributed by atoms with E-state index < -0.39 is 32.6 Å². The molecule has 0 radical (unpaired) electrons. The first-order valence-electron chi connectivity index (χ1n) is 6.05. The fraction of sp³-hybridized carbons (Fsp3) is 0.0714. The van der Waals surface area contributed by atoms with Gasteiger partial charge in [-0.2, -0.15) is 26.9 Å². The van der Waals surface area contributed by atoms with Crippen molar-refractivity contribution in [2.24, 2.45) is 0 Å². The van der Waals surface area contributed by atoms with Crippen molar-refractivity contribution in [2.45, 2.75) is 11.1 Å². The van der Waals surface area contributed by atoms with Crippen LogP contribution in [0.15, 0.2) is 41.3 Å². The minimum atomic E-state index is -5.07. The lowest BCUT2D eigenvalue weighted by Gasteiger charge is -2.12. The first kappa shape index (κ1) is 18.0. The summed E-state index contributed by atoms with van der Waals surface area (Å²) in [5.74, 6) is -1.99. The summed E-state index contributed by atoms with van der Waals surface area (Å²) in [4.78, 5) is -0.892. The maximum atomic E-state index is 13.2. The third kappa shape index (κ3) is 3.77. The molecule has 0 aliphatic rings. The molecule has 0 unspecified atom stereocenters. The van der Waals surface area contributed by atoms with Gasteiger partial charge >= 0.3 is 16.3 Å². The second-order valence-electron chi connectivity index (χ2n) is 4.43. The van der Waals surface area contributed by atoms with Gasteiger partial charge in [-0.3, -0.25) is 0 Å². The number of halogens is 5. The summed E-state index contributed by atoms with van der Waals surface area (Å²) in [6.45, 7) is 0. The molecule has 2 rings (SSSR count). The van der Waals surface area contributed by atoms with Crippen LogP contribution in [0.4, 0.5) is 17.6 Å². The first-order chi connectivity index (χ1) is 11.0. The molecule has 24 heavy (non-hydrogen) atoms. The van der Waals surface area contributed by atoms with Gasteiger partial charge in [0.05, 0.1) is 22.2 Å². The molecule has 0 fully saturated rings. The van der Waals surface area contributed by atoms with Gasteiger partial charge in [-0.25, -0.2) is 4.39 Å². The van der Waals surface area contributed by atoms with Crippen molar-refractivity contribution >= 4 is 21.7 Å². The Morgan fingerprint density at radius 1 is 1.12 bits per heavy atom. The first-order valence-corrected chi connectivity index (χ1v) is 7.84. The van der Waals surface area contributed by atoms with E-state index in [0.29, 0.717) is 12.1 Å². The van der Waals surface area contributed by atoms with E-state index in [4.69, 9.17) is 16.9 Å². The molecule has 0 spiro atoms. The number of hydrogen-bond donors (Lipinski definition) is 0. The zero-order valence-corrected chi connectivity index (χ0v) is 13.0. The molecule has 0 saturated carbocycles. The molecule has 0 amide bonds. The molecular formula is C14H6ClF4NO3S. The molecule has 0 aliphatic heterocycles. The van der Waals surface area contributed by atoms with Gasteiger partial charge in [-0.15, -0.1) is 0 Å². The zero-order chi connectivity index (χ0) is 18.1. The highest BCUT2D eigenvalue weighted by atomic mass is 35.5. The van der Waals surface area contributed by atoms with Crippen LogP contribution in [0.5, 0.6) is 5.75 Å². The maximum absolute atomic E-state index is 13.2. The van der Waals surface area contributed by atoms with Crippen LogP contribution < -0.4 is 4.18 Å². The van der Waals surface area contributed by atoms with E-state index in [1.54, 1.807) is 6.07 Å². The van der Waals surface area contributed by atoms with Gasteiger partial charge in [0.25, 0.3) is 0 Å². The van der Waals surface area contributed by atoms with E-state index in [9.17, 15) is 26.0 Å². The Labute approximate surface area is 139 Å². The van der Waals surface area contributed by atoms with Crippen molar-refractivity contribution in [3.05, 3.63) is 58.4 Å². The summed E-state index contributed by atoms with van der Waals surface area (Å²) in [7, 11) is -4.69. The Morgan fingerprint density at radius 2 is 1.79 bits per heavy atom. The van der Waals surface area contributed by atoms with Crippen molar-refractivity contribution in [1.82, 2.24) is 0 Å². The quantitative estimate of drug-likeness (QED) is 0.594. The maximum Gasteiger partial charge on any atom is 0.419 e. The fourth-order valence-corrected chi connectivity index (χ4v) is 2.92. The van der Waals surface area contributed by atoms with E-state index in [1.165, 1.54) is 6.07 Å². The standard InChI is InChI=1S/C14H6ClF4NO3S/c15-11-5-8(7-20)1-4-13(11)23-24(21,22)9-2-3-12(16)10(6-9)14(17,18)19/h1-6H. The molecule has 0 N–H and O–H groups in total. The van der Waals surface area contributed by atoms with E-state index in [2.05, 4.69) is 4.18 Å². The monoisotopic (exact) mass is 379 g/mol. The molecule has 126 valence electrons.